The maximum Gasteiger partial charge on any atom is 1.00 e. The van der Waals surface area contributed by atoms with Crippen LogP contribution in [0.3, 0.4) is 0 Å². The number of methoxy groups -OCH3 is 1. The van der Waals surface area contributed by atoms with Gasteiger partial charge in [0.05, 0.1) is 62.8 Å². The molecule has 10 rings (SSSR count). The Labute approximate surface area is 449 Å². The number of pyridine rings is 2. The number of benzene rings is 4. The summed E-state index contributed by atoms with van der Waals surface area (Å²) in [4.78, 5) is 55.0. The van der Waals surface area contributed by atoms with Crippen molar-refractivity contribution in [1.29, 1.82) is 0 Å². The first-order chi connectivity index (χ1) is 35.2. The Morgan fingerprint density at radius 2 is 0.933 bits per heavy atom. The zero-order valence-electron chi connectivity index (χ0n) is 40.9. The molecule has 2 aliphatic heterocycles. The molecule has 2 aliphatic rings. The molecule has 6 heterocycles. The van der Waals surface area contributed by atoms with Crippen molar-refractivity contribution in [1.82, 2.24) is 29.9 Å². The second kappa shape index (κ2) is 25.0. The van der Waals surface area contributed by atoms with Crippen molar-refractivity contribution in [2.24, 2.45) is 0 Å². The summed E-state index contributed by atoms with van der Waals surface area (Å²) in [6, 6.07) is 33.6. The molecule has 75 heavy (non-hydrogen) atoms. The van der Waals surface area contributed by atoms with E-state index in [9.17, 15) is 41.0 Å². The average Bonchev–Trinajstić information content (AvgIpc) is 3.42. The summed E-state index contributed by atoms with van der Waals surface area (Å²) in [6.45, 7) is 1.93. The van der Waals surface area contributed by atoms with Crippen LogP contribution in [0, 0.1) is 0 Å². The molecule has 2 fully saturated rings. The van der Waals surface area contributed by atoms with Crippen molar-refractivity contribution in [2.75, 3.05) is 50.2 Å². The van der Waals surface area contributed by atoms with Gasteiger partial charge in [-0.2, -0.15) is 26.3 Å². The Kier molecular flexibility index (Phi) is 19.0. The fraction of sp³-hybridized carbons (Fsp3) is 0.259. The number of fused-ring (bicyclic) bond motifs is 2. The quantitative estimate of drug-likeness (QED) is 0.0841. The number of carboxylic acid groups (broad SMARTS) is 1. The van der Waals surface area contributed by atoms with Gasteiger partial charge in [0.25, 0.3) is 0 Å². The Morgan fingerprint density at radius 3 is 1.31 bits per heavy atom. The van der Waals surface area contributed by atoms with Gasteiger partial charge in [-0.1, -0.05) is 60.7 Å². The maximum absolute atomic E-state index is 13.5. The Morgan fingerprint density at radius 1 is 0.547 bits per heavy atom. The Hall–Kier alpha value is -7.10. The first-order valence-corrected chi connectivity index (χ1v) is 23.2. The molecule has 2 saturated heterocycles. The Balaban J connectivity index is 0.000000230. The molecule has 0 bridgehead atoms. The maximum atomic E-state index is 13.5. The van der Waals surface area contributed by atoms with Gasteiger partial charge < -0.3 is 30.2 Å². The predicted molar refractivity (Wildman–Crippen MR) is 265 cm³/mol. The van der Waals surface area contributed by atoms with E-state index in [1.807, 2.05) is 70.5 Å². The van der Waals surface area contributed by atoms with Gasteiger partial charge in [-0.3, -0.25) is 9.97 Å². The monoisotopic (exact) mass is 1040 g/mol. The summed E-state index contributed by atoms with van der Waals surface area (Å²) < 4.78 is 86.0. The topological polar surface area (TPSA) is 198 Å². The number of aliphatic hydroxyl groups is 1. The van der Waals surface area contributed by atoms with Crippen molar-refractivity contribution >= 4 is 45.6 Å². The summed E-state index contributed by atoms with van der Waals surface area (Å²) in [6.07, 6.45) is -4.13. The van der Waals surface area contributed by atoms with Crippen LogP contribution in [0.1, 0.15) is 80.7 Å². The number of ether oxygens (including phenoxy) is 1. The number of rotatable bonds is 8. The number of hydrogen-bond donors (Lipinski definition) is 2. The summed E-state index contributed by atoms with van der Waals surface area (Å²) in [5.41, 5.74) is 4.54. The predicted octanol–water partition coefficient (Wildman–Crippen LogP) is 8.11. The summed E-state index contributed by atoms with van der Waals surface area (Å²) >= 11 is 0. The minimum Gasteiger partial charge on any atom is -0.870 e. The van der Waals surface area contributed by atoms with E-state index in [-0.39, 0.29) is 63.8 Å². The third-order valence-electron chi connectivity index (χ3n) is 12.7. The summed E-state index contributed by atoms with van der Waals surface area (Å²) in [7, 11) is 2.32. The normalized spacial score (nSPS) is 14.1. The number of alkyl halides is 6. The van der Waals surface area contributed by atoms with E-state index in [0.717, 1.165) is 30.4 Å². The van der Waals surface area contributed by atoms with Crippen LogP contribution in [0.2, 0.25) is 0 Å². The largest absolute Gasteiger partial charge is 1.00 e. The molecule has 0 unspecified atom stereocenters. The number of aliphatic hydroxyl groups excluding tert-OH is 1. The van der Waals surface area contributed by atoms with Gasteiger partial charge >= 0.3 is 53.8 Å². The number of hydrogen-bond acceptors (Lipinski definition) is 13. The number of carbonyl (C=O) groups excluding carboxylic acids is 1. The van der Waals surface area contributed by atoms with Crippen LogP contribution in [0.5, 0.6) is 0 Å². The fourth-order valence-corrected chi connectivity index (χ4v) is 9.18. The van der Waals surface area contributed by atoms with E-state index in [4.69, 9.17) is 29.8 Å². The number of nitrogens with zero attached hydrogens (tertiary/aromatic N) is 8. The molecule has 4 aromatic heterocycles. The molecular weight excluding hydrogens is 994 g/mol. The zero-order valence-corrected chi connectivity index (χ0v) is 42.9. The second-order valence-corrected chi connectivity index (χ2v) is 17.1. The van der Waals surface area contributed by atoms with Crippen molar-refractivity contribution in [3.8, 4) is 22.5 Å². The SMILES string of the molecule is CO.COC(=O)c1ccc2nc(-c3ccccc3)c(N3CCC(c4ncccc4C(F)(F)F)CC3)nc2c1.O=C(O)c1ccc2nc(-c3ccccc3)c(N3CCC(c4ncccc4C(F)(F)F)CC3)nc2c1.[Na+].[OH-]. The van der Waals surface area contributed by atoms with Crippen LogP contribution in [-0.2, 0) is 17.1 Å². The van der Waals surface area contributed by atoms with E-state index in [2.05, 4.69) is 9.97 Å². The number of aromatic nitrogens is 6. The molecule has 3 N–H and O–H groups in total. The van der Waals surface area contributed by atoms with E-state index in [0.29, 0.717) is 103 Å². The molecule has 384 valence electrons. The van der Waals surface area contributed by atoms with Gasteiger partial charge in [-0.25, -0.2) is 29.5 Å². The van der Waals surface area contributed by atoms with Crippen LogP contribution >= 0.6 is 0 Å². The standard InChI is InChI=1S/C27H23F3N4O2.C26H21F3N4O2.CH4O.Na.H2O/c1-36-26(35)19-9-10-21-22(16-19)33-25(24(32-21)17-6-3-2-4-7-17)34-14-11-18(12-15-34)23-20(27(28,29)30)8-5-13-31-23;27-26(28,29)19-7-4-12-30-22(19)17-10-13-33(14-11-17)24-23(16-5-2-1-3-6-16)31-20-9-8-18(25(34)35)15-21(20)32-24;1-2;;/h2-10,13,16,18H,11-12,14-15H2,1H3;1-9,12,15,17H,10-11,13-14H2,(H,34,35);2H,1H3;;1H2/q;;;+1;/p-1. The first kappa shape index (κ1) is 57.2. The second-order valence-electron chi connectivity index (χ2n) is 17.1. The van der Waals surface area contributed by atoms with E-state index >= 15 is 0 Å². The van der Waals surface area contributed by atoms with Gasteiger partial charge in [0.15, 0.2) is 11.6 Å². The molecule has 0 amide bonds. The van der Waals surface area contributed by atoms with Crippen LogP contribution in [0.25, 0.3) is 44.6 Å². The first-order valence-electron chi connectivity index (χ1n) is 23.2. The minimum absolute atomic E-state index is 0. The number of aromatic carboxylic acids is 1. The third-order valence-corrected chi connectivity index (χ3v) is 12.7. The molecule has 0 saturated carbocycles. The number of piperidine rings is 2. The molecule has 14 nitrogen and oxygen atoms in total. The molecule has 0 aliphatic carbocycles. The number of carboxylic acids is 1. The minimum atomic E-state index is -4.45. The van der Waals surface area contributed by atoms with E-state index < -0.39 is 35.4 Å². The molecule has 8 aromatic rings. The van der Waals surface area contributed by atoms with Gasteiger partial charge in [-0.05, 0) is 86.3 Å². The van der Waals surface area contributed by atoms with Crippen molar-refractivity contribution in [2.45, 2.75) is 49.9 Å². The molecule has 0 radical (unpaired) electrons. The molecule has 0 spiro atoms. The number of anilines is 2. The van der Waals surface area contributed by atoms with Crippen LogP contribution in [-0.4, -0.2) is 97.9 Å². The average molecular weight is 1040 g/mol. The number of esters is 1. The van der Waals surface area contributed by atoms with Gasteiger partial charge in [0, 0.05) is 68.6 Å². The number of halogens is 6. The number of carbonyl (C=O) groups is 2. The smallest absolute Gasteiger partial charge is 0.870 e. The van der Waals surface area contributed by atoms with Crippen molar-refractivity contribution in [3.63, 3.8) is 0 Å². The summed E-state index contributed by atoms with van der Waals surface area (Å²) in [5.74, 6) is -0.939. The van der Waals surface area contributed by atoms with Gasteiger partial charge in [0.1, 0.15) is 11.4 Å². The van der Waals surface area contributed by atoms with Crippen molar-refractivity contribution < 1.29 is 85.9 Å². The molecular formula is C54H49F6N8NaO6. The van der Waals surface area contributed by atoms with Crippen molar-refractivity contribution in [3.05, 3.63) is 167 Å². The van der Waals surface area contributed by atoms with Crippen LogP contribution < -0.4 is 39.4 Å². The zero-order chi connectivity index (χ0) is 51.9. The Bertz CT molecular complexity index is 3230. The van der Waals surface area contributed by atoms with Gasteiger partial charge in [0.2, 0.25) is 0 Å². The van der Waals surface area contributed by atoms with Gasteiger partial charge in [-0.15, -0.1) is 0 Å². The van der Waals surface area contributed by atoms with Crippen LogP contribution in [0.4, 0.5) is 38.0 Å². The van der Waals surface area contributed by atoms with E-state index in [1.54, 1.807) is 24.3 Å². The van der Waals surface area contributed by atoms with E-state index in [1.165, 1.54) is 43.8 Å². The summed E-state index contributed by atoms with van der Waals surface area (Å²) in [5, 5.41) is 16.4. The third kappa shape index (κ3) is 13.1. The fourth-order valence-electron chi connectivity index (χ4n) is 9.18. The molecule has 21 heteroatoms. The van der Waals surface area contributed by atoms with Crippen LogP contribution in [0.15, 0.2) is 134 Å². The molecule has 4 aromatic carbocycles. The molecule has 0 atom stereocenters.